The zero-order valence-corrected chi connectivity index (χ0v) is 8.45. The first-order valence-corrected chi connectivity index (χ1v) is 4.69. The van der Waals surface area contributed by atoms with E-state index in [1.54, 1.807) is 0 Å². The fourth-order valence-corrected chi connectivity index (χ4v) is 1.36. The van der Waals surface area contributed by atoms with E-state index in [0.717, 1.165) is 12.1 Å². The SMILES string of the molecule is O=c1cc(-c2ccc(C(F)(F)F)cc2)nc[nH]1. The van der Waals surface area contributed by atoms with Gasteiger partial charge in [0.2, 0.25) is 0 Å². The fraction of sp³-hybridized carbons (Fsp3) is 0.0909. The summed E-state index contributed by atoms with van der Waals surface area (Å²) in [5.41, 5.74) is -0.285. The number of nitrogens with one attached hydrogen (secondary N) is 1. The van der Waals surface area contributed by atoms with Crippen molar-refractivity contribution in [2.45, 2.75) is 6.18 Å². The molecule has 6 heteroatoms. The van der Waals surface area contributed by atoms with Gasteiger partial charge in [0, 0.05) is 11.6 Å². The van der Waals surface area contributed by atoms with Crippen LogP contribution in [0, 0.1) is 0 Å². The maximum absolute atomic E-state index is 12.3. The number of benzene rings is 1. The molecule has 3 nitrogen and oxygen atoms in total. The van der Waals surface area contributed by atoms with E-state index in [1.807, 2.05) is 0 Å². The van der Waals surface area contributed by atoms with E-state index in [2.05, 4.69) is 9.97 Å². The van der Waals surface area contributed by atoms with Crippen LogP contribution in [-0.2, 0) is 6.18 Å². The van der Waals surface area contributed by atoms with Crippen molar-refractivity contribution in [3.05, 3.63) is 52.6 Å². The van der Waals surface area contributed by atoms with Crippen molar-refractivity contribution in [2.75, 3.05) is 0 Å². The summed E-state index contributed by atoms with van der Waals surface area (Å²) >= 11 is 0. The Kier molecular flexibility index (Phi) is 2.71. The summed E-state index contributed by atoms with van der Waals surface area (Å²) in [6, 6.07) is 5.70. The van der Waals surface area contributed by atoms with Crippen molar-refractivity contribution >= 4 is 0 Å². The first-order valence-electron chi connectivity index (χ1n) is 4.69. The standard InChI is InChI=1S/C11H7F3N2O/c12-11(13,14)8-3-1-7(2-4-8)9-5-10(17)16-6-15-9/h1-6H,(H,15,16,17). The van der Waals surface area contributed by atoms with Crippen molar-refractivity contribution in [3.63, 3.8) is 0 Å². The van der Waals surface area contributed by atoms with Crippen molar-refractivity contribution in [1.82, 2.24) is 9.97 Å². The van der Waals surface area contributed by atoms with E-state index < -0.39 is 11.7 Å². The molecule has 0 fully saturated rings. The molecule has 0 saturated carbocycles. The minimum atomic E-state index is -4.36. The van der Waals surface area contributed by atoms with Gasteiger partial charge in [-0.25, -0.2) is 4.98 Å². The molecule has 0 unspecified atom stereocenters. The molecule has 2 aromatic rings. The van der Waals surface area contributed by atoms with Crippen molar-refractivity contribution in [3.8, 4) is 11.3 Å². The molecule has 2 rings (SSSR count). The highest BCUT2D eigenvalue weighted by Crippen LogP contribution is 2.30. The third-order valence-corrected chi connectivity index (χ3v) is 2.19. The van der Waals surface area contributed by atoms with E-state index in [0.29, 0.717) is 11.3 Å². The Hall–Kier alpha value is -2.11. The number of hydrogen-bond acceptors (Lipinski definition) is 2. The van der Waals surface area contributed by atoms with Gasteiger partial charge in [0.15, 0.2) is 0 Å². The first-order chi connectivity index (χ1) is 7.97. The molecule has 0 radical (unpaired) electrons. The molecule has 0 saturated heterocycles. The summed E-state index contributed by atoms with van der Waals surface area (Å²) in [4.78, 5) is 17.2. The lowest BCUT2D eigenvalue weighted by molar-refractivity contribution is -0.137. The Bertz CT molecular complexity index is 572. The van der Waals surface area contributed by atoms with E-state index in [-0.39, 0.29) is 5.56 Å². The number of H-pyrrole nitrogens is 1. The number of aromatic amines is 1. The number of nitrogens with zero attached hydrogens (tertiary/aromatic N) is 1. The fourth-order valence-electron chi connectivity index (χ4n) is 1.36. The topological polar surface area (TPSA) is 45.8 Å². The number of halogens is 3. The predicted octanol–water partition coefficient (Wildman–Crippen LogP) is 2.46. The van der Waals surface area contributed by atoms with E-state index in [9.17, 15) is 18.0 Å². The third kappa shape index (κ3) is 2.52. The second kappa shape index (κ2) is 4.04. The van der Waals surface area contributed by atoms with Gasteiger partial charge in [0.05, 0.1) is 17.6 Å². The van der Waals surface area contributed by atoms with Crippen LogP contribution in [0.3, 0.4) is 0 Å². The number of alkyl halides is 3. The van der Waals surface area contributed by atoms with Gasteiger partial charge >= 0.3 is 6.18 Å². The Balaban J connectivity index is 2.39. The summed E-state index contributed by atoms with van der Waals surface area (Å²) in [7, 11) is 0. The van der Waals surface area contributed by atoms with Gasteiger partial charge in [-0.3, -0.25) is 4.79 Å². The highest BCUT2D eigenvalue weighted by molar-refractivity contribution is 5.58. The Labute approximate surface area is 94.0 Å². The lowest BCUT2D eigenvalue weighted by atomic mass is 10.1. The molecule has 1 aromatic heterocycles. The number of aromatic nitrogens is 2. The van der Waals surface area contributed by atoms with Crippen LogP contribution < -0.4 is 5.56 Å². The van der Waals surface area contributed by atoms with Gasteiger partial charge < -0.3 is 4.98 Å². The maximum Gasteiger partial charge on any atom is 0.416 e. The average molecular weight is 240 g/mol. The maximum atomic E-state index is 12.3. The number of hydrogen-bond donors (Lipinski definition) is 1. The minimum Gasteiger partial charge on any atom is -0.313 e. The lowest BCUT2D eigenvalue weighted by Crippen LogP contribution is -2.06. The van der Waals surface area contributed by atoms with Gasteiger partial charge in [-0.2, -0.15) is 13.2 Å². The van der Waals surface area contributed by atoms with Crippen LogP contribution in [0.15, 0.2) is 41.5 Å². The molecule has 88 valence electrons. The number of rotatable bonds is 1. The predicted molar refractivity (Wildman–Crippen MR) is 55.3 cm³/mol. The zero-order chi connectivity index (χ0) is 12.5. The van der Waals surface area contributed by atoms with Gasteiger partial charge in [0.1, 0.15) is 0 Å². The summed E-state index contributed by atoms with van der Waals surface area (Å²) in [5, 5.41) is 0. The second-order valence-corrected chi connectivity index (χ2v) is 3.37. The summed E-state index contributed by atoms with van der Waals surface area (Å²) in [6.45, 7) is 0. The molecule has 0 amide bonds. The quantitative estimate of drug-likeness (QED) is 0.832. The molecule has 0 spiro atoms. The molecule has 1 heterocycles. The summed E-state index contributed by atoms with van der Waals surface area (Å²) < 4.78 is 36.9. The summed E-state index contributed by atoms with van der Waals surface area (Å²) in [5.74, 6) is 0. The molecule has 1 N–H and O–H groups in total. The van der Waals surface area contributed by atoms with Crippen LogP contribution in [0.5, 0.6) is 0 Å². The van der Waals surface area contributed by atoms with Gasteiger partial charge in [-0.15, -0.1) is 0 Å². The molecular formula is C11H7F3N2O. The molecule has 1 aromatic carbocycles. The largest absolute Gasteiger partial charge is 0.416 e. The Morgan fingerprint density at radius 1 is 1.12 bits per heavy atom. The van der Waals surface area contributed by atoms with Crippen molar-refractivity contribution < 1.29 is 13.2 Å². The highest BCUT2D eigenvalue weighted by Gasteiger charge is 2.29. The van der Waals surface area contributed by atoms with Crippen LogP contribution >= 0.6 is 0 Å². The molecular weight excluding hydrogens is 233 g/mol. The smallest absolute Gasteiger partial charge is 0.313 e. The van der Waals surface area contributed by atoms with E-state index >= 15 is 0 Å². The average Bonchev–Trinajstić information content (AvgIpc) is 2.28. The highest BCUT2D eigenvalue weighted by atomic mass is 19.4. The Morgan fingerprint density at radius 2 is 1.76 bits per heavy atom. The third-order valence-electron chi connectivity index (χ3n) is 2.19. The molecule has 0 aliphatic carbocycles. The van der Waals surface area contributed by atoms with E-state index in [1.165, 1.54) is 24.5 Å². The normalized spacial score (nSPS) is 11.5. The van der Waals surface area contributed by atoms with Crippen LogP contribution in [0.1, 0.15) is 5.56 Å². The van der Waals surface area contributed by atoms with E-state index in [4.69, 9.17) is 0 Å². The lowest BCUT2D eigenvalue weighted by Gasteiger charge is -2.06. The van der Waals surface area contributed by atoms with Crippen molar-refractivity contribution in [1.29, 1.82) is 0 Å². The van der Waals surface area contributed by atoms with Crippen LogP contribution in [-0.4, -0.2) is 9.97 Å². The zero-order valence-electron chi connectivity index (χ0n) is 8.45. The molecule has 0 atom stereocenters. The monoisotopic (exact) mass is 240 g/mol. The Morgan fingerprint density at radius 3 is 2.29 bits per heavy atom. The summed E-state index contributed by atoms with van der Waals surface area (Å²) in [6.07, 6.45) is -3.16. The van der Waals surface area contributed by atoms with Crippen LogP contribution in [0.25, 0.3) is 11.3 Å². The van der Waals surface area contributed by atoms with Crippen LogP contribution in [0.4, 0.5) is 13.2 Å². The van der Waals surface area contributed by atoms with Gasteiger partial charge in [0.25, 0.3) is 5.56 Å². The molecule has 17 heavy (non-hydrogen) atoms. The first kappa shape index (κ1) is 11.4. The second-order valence-electron chi connectivity index (χ2n) is 3.37. The van der Waals surface area contributed by atoms with Crippen LogP contribution in [0.2, 0.25) is 0 Å². The van der Waals surface area contributed by atoms with Gasteiger partial charge in [-0.1, -0.05) is 12.1 Å². The molecule has 0 aliphatic rings. The molecule has 0 aliphatic heterocycles. The van der Waals surface area contributed by atoms with Crippen molar-refractivity contribution in [2.24, 2.45) is 0 Å². The minimum absolute atomic E-state index is 0.336. The van der Waals surface area contributed by atoms with Gasteiger partial charge in [-0.05, 0) is 12.1 Å². The molecule has 0 bridgehead atoms.